The summed E-state index contributed by atoms with van der Waals surface area (Å²) in [7, 11) is 2.12. The first kappa shape index (κ1) is 18.5. The predicted octanol–water partition coefficient (Wildman–Crippen LogP) is 3.42. The summed E-state index contributed by atoms with van der Waals surface area (Å²) in [6, 6.07) is 13.3. The number of hydrogen-bond acceptors (Lipinski definition) is 4. The van der Waals surface area contributed by atoms with E-state index in [0.29, 0.717) is 16.5 Å². The maximum atomic E-state index is 12.1. The van der Waals surface area contributed by atoms with Gasteiger partial charge in [-0.05, 0) is 43.8 Å². The van der Waals surface area contributed by atoms with Gasteiger partial charge in [0.25, 0.3) is 5.91 Å². The first-order valence-corrected chi connectivity index (χ1v) is 9.12. The van der Waals surface area contributed by atoms with Crippen LogP contribution < -0.4 is 15.0 Å². The van der Waals surface area contributed by atoms with E-state index in [0.717, 1.165) is 37.4 Å². The van der Waals surface area contributed by atoms with Crippen molar-refractivity contribution in [3.63, 3.8) is 0 Å². The van der Waals surface area contributed by atoms with Crippen LogP contribution in [0.4, 0.5) is 11.4 Å². The van der Waals surface area contributed by atoms with Crippen molar-refractivity contribution in [3.05, 3.63) is 53.1 Å². The molecule has 1 fully saturated rings. The van der Waals surface area contributed by atoms with Crippen LogP contribution >= 0.6 is 11.6 Å². The summed E-state index contributed by atoms with van der Waals surface area (Å²) < 4.78 is 5.57. The molecule has 0 spiro atoms. The van der Waals surface area contributed by atoms with Crippen LogP contribution in [0.1, 0.15) is 5.56 Å². The highest BCUT2D eigenvalue weighted by Gasteiger charge is 2.17. The van der Waals surface area contributed by atoms with Gasteiger partial charge in [-0.2, -0.15) is 0 Å². The zero-order valence-electron chi connectivity index (χ0n) is 15.2. The second-order valence-electron chi connectivity index (χ2n) is 6.56. The molecule has 1 N–H and O–H groups in total. The Hall–Kier alpha value is -2.24. The number of likely N-dealkylation sites (N-methyl/N-ethyl adjacent to an activating group) is 1. The lowest BCUT2D eigenvalue weighted by atomic mass is 10.2. The van der Waals surface area contributed by atoms with Gasteiger partial charge in [-0.3, -0.25) is 4.79 Å². The molecule has 5 nitrogen and oxygen atoms in total. The van der Waals surface area contributed by atoms with Crippen molar-refractivity contribution in [1.82, 2.24) is 4.90 Å². The number of rotatable bonds is 5. The molecule has 0 bridgehead atoms. The van der Waals surface area contributed by atoms with Crippen molar-refractivity contribution in [2.45, 2.75) is 6.92 Å². The van der Waals surface area contributed by atoms with Gasteiger partial charge in [0.2, 0.25) is 0 Å². The molecule has 0 saturated carbocycles. The Bertz CT molecular complexity index is 773. The highest BCUT2D eigenvalue weighted by Crippen LogP contribution is 2.29. The number of piperazine rings is 1. The Morgan fingerprint density at radius 3 is 2.58 bits per heavy atom. The van der Waals surface area contributed by atoms with Crippen LogP contribution in [-0.4, -0.2) is 50.6 Å². The van der Waals surface area contributed by atoms with Crippen molar-refractivity contribution in [2.75, 3.05) is 50.1 Å². The quantitative estimate of drug-likeness (QED) is 0.872. The van der Waals surface area contributed by atoms with E-state index in [1.54, 1.807) is 6.07 Å². The molecule has 2 aromatic carbocycles. The van der Waals surface area contributed by atoms with E-state index < -0.39 is 0 Å². The third-order valence-electron chi connectivity index (χ3n) is 4.53. The third kappa shape index (κ3) is 4.68. The SMILES string of the molecule is Cc1ccccc1OCC(=O)Nc1ccc(N2CCN(C)CC2)c(Cl)c1. The first-order chi connectivity index (χ1) is 12.5. The average molecular weight is 374 g/mol. The summed E-state index contributed by atoms with van der Waals surface area (Å²) in [5, 5.41) is 3.48. The van der Waals surface area contributed by atoms with Crippen molar-refractivity contribution in [1.29, 1.82) is 0 Å². The molecule has 138 valence electrons. The van der Waals surface area contributed by atoms with Gasteiger partial charge in [-0.25, -0.2) is 0 Å². The molecule has 0 radical (unpaired) electrons. The van der Waals surface area contributed by atoms with Crippen molar-refractivity contribution >= 4 is 28.9 Å². The third-order valence-corrected chi connectivity index (χ3v) is 4.83. The molecule has 1 heterocycles. The Balaban J connectivity index is 1.57. The molecule has 0 aliphatic carbocycles. The molecule has 6 heteroatoms. The van der Waals surface area contributed by atoms with Crippen LogP contribution in [0.5, 0.6) is 5.75 Å². The number of amides is 1. The van der Waals surface area contributed by atoms with Gasteiger partial charge >= 0.3 is 0 Å². The van der Waals surface area contributed by atoms with E-state index in [-0.39, 0.29) is 12.5 Å². The molecule has 1 amide bonds. The van der Waals surface area contributed by atoms with Gasteiger partial charge in [0.15, 0.2) is 6.61 Å². The van der Waals surface area contributed by atoms with Crippen LogP contribution in [0.3, 0.4) is 0 Å². The number of halogens is 1. The number of benzene rings is 2. The molecule has 3 rings (SSSR count). The zero-order chi connectivity index (χ0) is 18.5. The molecular formula is C20H24ClN3O2. The van der Waals surface area contributed by atoms with Crippen molar-refractivity contribution < 1.29 is 9.53 Å². The largest absolute Gasteiger partial charge is 0.483 e. The van der Waals surface area contributed by atoms with Crippen molar-refractivity contribution in [3.8, 4) is 5.75 Å². The Labute approximate surface area is 159 Å². The summed E-state index contributed by atoms with van der Waals surface area (Å²) >= 11 is 6.44. The molecule has 1 saturated heterocycles. The Kier molecular flexibility index (Phi) is 6.01. The first-order valence-electron chi connectivity index (χ1n) is 8.74. The van der Waals surface area contributed by atoms with Crippen molar-refractivity contribution in [2.24, 2.45) is 0 Å². The van der Waals surface area contributed by atoms with E-state index in [2.05, 4.69) is 22.2 Å². The number of ether oxygens (including phenoxy) is 1. The van der Waals surface area contributed by atoms with E-state index in [1.165, 1.54) is 0 Å². The minimum atomic E-state index is -0.211. The number of anilines is 2. The van der Waals surface area contributed by atoms with Crippen LogP contribution in [-0.2, 0) is 4.79 Å². The number of carbonyl (C=O) groups is 1. The van der Waals surface area contributed by atoms with Crippen LogP contribution in [0.2, 0.25) is 5.02 Å². The molecule has 1 aliphatic rings. The number of carbonyl (C=O) groups excluding carboxylic acids is 1. The van der Waals surface area contributed by atoms with Gasteiger partial charge in [0.1, 0.15) is 5.75 Å². The summed E-state index contributed by atoms with van der Waals surface area (Å²) in [5.41, 5.74) is 2.68. The maximum absolute atomic E-state index is 12.1. The molecule has 1 aliphatic heterocycles. The lowest BCUT2D eigenvalue weighted by Gasteiger charge is -2.34. The maximum Gasteiger partial charge on any atom is 0.262 e. The average Bonchev–Trinajstić information content (AvgIpc) is 2.62. The predicted molar refractivity (Wildman–Crippen MR) is 106 cm³/mol. The van der Waals surface area contributed by atoms with Gasteiger partial charge in [-0.15, -0.1) is 0 Å². The Morgan fingerprint density at radius 2 is 1.88 bits per heavy atom. The minimum absolute atomic E-state index is 0.0390. The van der Waals surface area contributed by atoms with E-state index in [4.69, 9.17) is 16.3 Å². The molecule has 0 aromatic heterocycles. The second kappa shape index (κ2) is 8.43. The fraction of sp³-hybridized carbons (Fsp3) is 0.350. The lowest BCUT2D eigenvalue weighted by Crippen LogP contribution is -2.44. The number of aryl methyl sites for hydroxylation is 1. The summed E-state index contributed by atoms with van der Waals surface area (Å²) in [5.74, 6) is 0.503. The number of hydrogen-bond donors (Lipinski definition) is 1. The highest BCUT2D eigenvalue weighted by atomic mass is 35.5. The Morgan fingerprint density at radius 1 is 1.15 bits per heavy atom. The van der Waals surface area contributed by atoms with E-state index in [9.17, 15) is 4.79 Å². The topological polar surface area (TPSA) is 44.8 Å². The fourth-order valence-corrected chi connectivity index (χ4v) is 3.25. The monoisotopic (exact) mass is 373 g/mol. The van der Waals surface area contributed by atoms with Gasteiger partial charge in [0, 0.05) is 31.9 Å². The smallest absolute Gasteiger partial charge is 0.262 e. The minimum Gasteiger partial charge on any atom is -0.483 e. The van der Waals surface area contributed by atoms with Gasteiger partial charge in [-0.1, -0.05) is 29.8 Å². The summed E-state index contributed by atoms with van der Waals surface area (Å²) in [4.78, 5) is 16.7. The van der Waals surface area contributed by atoms with E-state index >= 15 is 0 Å². The van der Waals surface area contributed by atoms with Gasteiger partial charge < -0.3 is 19.9 Å². The number of nitrogens with one attached hydrogen (secondary N) is 1. The highest BCUT2D eigenvalue weighted by molar-refractivity contribution is 6.33. The fourth-order valence-electron chi connectivity index (χ4n) is 2.95. The van der Waals surface area contributed by atoms with E-state index in [1.807, 2.05) is 43.3 Å². The molecule has 26 heavy (non-hydrogen) atoms. The molecular weight excluding hydrogens is 350 g/mol. The lowest BCUT2D eigenvalue weighted by molar-refractivity contribution is -0.118. The van der Waals surface area contributed by atoms with Gasteiger partial charge in [0.05, 0.1) is 10.7 Å². The summed E-state index contributed by atoms with van der Waals surface area (Å²) in [6.45, 7) is 5.85. The van der Waals surface area contributed by atoms with Crippen LogP contribution in [0, 0.1) is 6.92 Å². The number of para-hydroxylation sites is 1. The molecule has 0 unspecified atom stereocenters. The van der Waals surface area contributed by atoms with Crippen LogP contribution in [0.15, 0.2) is 42.5 Å². The zero-order valence-corrected chi connectivity index (χ0v) is 15.9. The molecule has 2 aromatic rings. The normalized spacial score (nSPS) is 15.0. The number of nitrogens with zero attached hydrogens (tertiary/aromatic N) is 2. The van der Waals surface area contributed by atoms with Crippen LogP contribution in [0.25, 0.3) is 0 Å². The molecule has 0 atom stereocenters. The summed E-state index contributed by atoms with van der Waals surface area (Å²) in [6.07, 6.45) is 0. The second-order valence-corrected chi connectivity index (χ2v) is 6.97. The standard InChI is InChI=1S/C20H24ClN3O2/c1-15-5-3-4-6-19(15)26-14-20(25)22-16-7-8-18(17(21)13-16)24-11-9-23(2)10-12-24/h3-8,13H,9-12,14H2,1-2H3,(H,22,25).